The fraction of sp³-hybridized carbons (Fsp3) is 0.400. The van der Waals surface area contributed by atoms with Crippen LogP contribution in [0, 0.1) is 10.1 Å². The minimum atomic E-state index is -0.406. The Kier molecular flexibility index (Phi) is 3.93. The number of hydrogen-bond acceptors (Lipinski definition) is 5. The summed E-state index contributed by atoms with van der Waals surface area (Å²) in [4.78, 5) is 11.0. The van der Waals surface area contributed by atoms with Gasteiger partial charge in [-0.05, 0) is 12.5 Å². The standard InChI is InChI=1S/C10H11ClN4O2S/c1-2-5-14-8(6-11)12-13-10(14)7-3-4-9(18-7)15(16)17/h3-4H,2,5-6H2,1H3. The quantitative estimate of drug-likeness (QED) is 0.481. The SMILES string of the molecule is CCCn1c(CCl)nnc1-c1ccc([N+](=O)[O-])s1. The zero-order chi connectivity index (χ0) is 13.1. The molecule has 0 saturated heterocycles. The average Bonchev–Trinajstić information content (AvgIpc) is 2.95. The molecule has 0 saturated carbocycles. The van der Waals surface area contributed by atoms with Crippen LogP contribution in [0.2, 0.25) is 0 Å². The topological polar surface area (TPSA) is 73.8 Å². The third-order valence-electron chi connectivity index (χ3n) is 2.39. The van der Waals surface area contributed by atoms with E-state index in [1.165, 1.54) is 6.07 Å². The van der Waals surface area contributed by atoms with Crippen LogP contribution in [0.25, 0.3) is 10.7 Å². The Morgan fingerprint density at radius 2 is 2.28 bits per heavy atom. The van der Waals surface area contributed by atoms with E-state index in [9.17, 15) is 10.1 Å². The summed E-state index contributed by atoms with van der Waals surface area (Å²) >= 11 is 6.89. The van der Waals surface area contributed by atoms with E-state index in [2.05, 4.69) is 10.2 Å². The van der Waals surface area contributed by atoms with Gasteiger partial charge in [0.15, 0.2) is 5.82 Å². The summed E-state index contributed by atoms with van der Waals surface area (Å²) in [5.41, 5.74) is 0. The fourth-order valence-electron chi connectivity index (χ4n) is 1.62. The van der Waals surface area contributed by atoms with Crippen LogP contribution >= 0.6 is 22.9 Å². The second-order valence-electron chi connectivity index (χ2n) is 3.62. The van der Waals surface area contributed by atoms with Gasteiger partial charge in [-0.3, -0.25) is 10.1 Å². The van der Waals surface area contributed by atoms with Crippen molar-refractivity contribution in [2.45, 2.75) is 25.8 Å². The van der Waals surface area contributed by atoms with Crippen LogP contribution in [-0.4, -0.2) is 19.7 Å². The van der Waals surface area contributed by atoms with E-state index < -0.39 is 4.92 Å². The van der Waals surface area contributed by atoms with Crippen LogP contribution in [0.3, 0.4) is 0 Å². The largest absolute Gasteiger partial charge is 0.324 e. The van der Waals surface area contributed by atoms with E-state index >= 15 is 0 Å². The first-order valence-corrected chi connectivity index (χ1v) is 6.75. The minimum absolute atomic E-state index is 0.100. The van der Waals surface area contributed by atoms with Gasteiger partial charge in [-0.2, -0.15) is 0 Å². The molecule has 96 valence electrons. The highest BCUT2D eigenvalue weighted by Crippen LogP contribution is 2.32. The molecular formula is C10H11ClN4O2S. The summed E-state index contributed by atoms with van der Waals surface area (Å²) in [5.74, 6) is 1.61. The smallest absolute Gasteiger partial charge is 0.309 e. The van der Waals surface area contributed by atoms with Crippen molar-refractivity contribution < 1.29 is 4.92 Å². The van der Waals surface area contributed by atoms with Crippen molar-refractivity contribution in [3.63, 3.8) is 0 Å². The van der Waals surface area contributed by atoms with Gasteiger partial charge in [0.2, 0.25) is 0 Å². The number of nitrogens with zero attached hydrogens (tertiary/aromatic N) is 4. The Balaban J connectivity index is 2.42. The van der Waals surface area contributed by atoms with Crippen LogP contribution in [-0.2, 0) is 12.4 Å². The molecule has 8 heteroatoms. The number of alkyl halides is 1. The van der Waals surface area contributed by atoms with E-state index in [1.807, 2.05) is 11.5 Å². The van der Waals surface area contributed by atoms with Crippen LogP contribution in [0.5, 0.6) is 0 Å². The van der Waals surface area contributed by atoms with Crippen molar-refractivity contribution in [1.82, 2.24) is 14.8 Å². The molecule has 18 heavy (non-hydrogen) atoms. The van der Waals surface area contributed by atoms with Crippen molar-refractivity contribution >= 4 is 27.9 Å². The molecule has 0 unspecified atom stereocenters. The van der Waals surface area contributed by atoms with Crippen molar-refractivity contribution in [2.24, 2.45) is 0 Å². The van der Waals surface area contributed by atoms with Gasteiger partial charge < -0.3 is 4.57 Å². The first-order chi connectivity index (χ1) is 8.67. The molecule has 2 rings (SSSR count). The predicted octanol–water partition coefficient (Wildman–Crippen LogP) is 3.06. The number of halogens is 1. The van der Waals surface area contributed by atoms with Gasteiger partial charge in [0.25, 0.3) is 0 Å². The second-order valence-corrected chi connectivity index (χ2v) is 4.95. The Morgan fingerprint density at radius 3 is 2.83 bits per heavy atom. The molecule has 0 spiro atoms. The minimum Gasteiger partial charge on any atom is -0.309 e. The zero-order valence-electron chi connectivity index (χ0n) is 9.67. The molecule has 0 radical (unpaired) electrons. The lowest BCUT2D eigenvalue weighted by Crippen LogP contribution is -2.03. The molecule has 6 nitrogen and oxygen atoms in total. The van der Waals surface area contributed by atoms with Gasteiger partial charge >= 0.3 is 5.00 Å². The number of rotatable bonds is 5. The van der Waals surface area contributed by atoms with Crippen LogP contribution < -0.4 is 0 Å². The summed E-state index contributed by atoms with van der Waals surface area (Å²) in [6, 6.07) is 3.17. The van der Waals surface area contributed by atoms with Crippen molar-refractivity contribution in [3.8, 4) is 10.7 Å². The van der Waals surface area contributed by atoms with Crippen LogP contribution in [0.4, 0.5) is 5.00 Å². The molecule has 0 atom stereocenters. The molecule has 0 bridgehead atoms. The maximum Gasteiger partial charge on any atom is 0.324 e. The van der Waals surface area contributed by atoms with Crippen molar-refractivity contribution in [1.29, 1.82) is 0 Å². The Hall–Kier alpha value is -1.47. The van der Waals surface area contributed by atoms with E-state index in [1.54, 1.807) is 6.07 Å². The highest BCUT2D eigenvalue weighted by molar-refractivity contribution is 7.18. The van der Waals surface area contributed by atoms with Gasteiger partial charge in [0, 0.05) is 12.6 Å². The Bertz CT molecular complexity index is 566. The molecule has 0 fully saturated rings. The third kappa shape index (κ3) is 2.37. The average molecular weight is 287 g/mol. The van der Waals surface area contributed by atoms with Gasteiger partial charge in [0.1, 0.15) is 5.82 Å². The highest BCUT2D eigenvalue weighted by atomic mass is 35.5. The normalized spacial score (nSPS) is 10.8. The van der Waals surface area contributed by atoms with E-state index in [0.29, 0.717) is 11.6 Å². The van der Waals surface area contributed by atoms with Gasteiger partial charge in [-0.15, -0.1) is 21.8 Å². The molecule has 0 aliphatic heterocycles. The van der Waals surface area contributed by atoms with Crippen LogP contribution in [0.15, 0.2) is 12.1 Å². The molecule has 0 N–H and O–H groups in total. The lowest BCUT2D eigenvalue weighted by Gasteiger charge is -2.05. The Labute approximate surface area is 112 Å². The number of nitro groups is 1. The van der Waals surface area contributed by atoms with Crippen molar-refractivity contribution in [3.05, 3.63) is 28.1 Å². The van der Waals surface area contributed by atoms with Crippen LogP contribution in [0.1, 0.15) is 19.2 Å². The first kappa shape index (κ1) is 13.0. The highest BCUT2D eigenvalue weighted by Gasteiger charge is 2.17. The molecule has 2 heterocycles. The van der Waals surface area contributed by atoms with E-state index in [-0.39, 0.29) is 10.9 Å². The summed E-state index contributed by atoms with van der Waals surface area (Å²) in [6.45, 7) is 2.79. The first-order valence-electron chi connectivity index (χ1n) is 5.40. The molecule has 0 amide bonds. The maximum atomic E-state index is 10.7. The molecule has 0 aliphatic carbocycles. The number of aromatic nitrogens is 3. The predicted molar refractivity (Wildman–Crippen MR) is 69.8 cm³/mol. The van der Waals surface area contributed by atoms with Gasteiger partial charge in [-0.25, -0.2) is 0 Å². The summed E-state index contributed by atoms with van der Waals surface area (Å²) < 4.78 is 1.91. The summed E-state index contributed by atoms with van der Waals surface area (Å²) in [5, 5.41) is 18.8. The van der Waals surface area contributed by atoms with Gasteiger partial charge in [0.05, 0.1) is 15.7 Å². The monoisotopic (exact) mass is 286 g/mol. The maximum absolute atomic E-state index is 10.7. The number of thiophene rings is 1. The molecule has 0 aromatic carbocycles. The summed E-state index contributed by atoms with van der Waals surface area (Å²) in [7, 11) is 0. The lowest BCUT2D eigenvalue weighted by atomic mass is 10.4. The zero-order valence-corrected chi connectivity index (χ0v) is 11.2. The van der Waals surface area contributed by atoms with E-state index in [0.717, 1.165) is 29.2 Å². The number of hydrogen-bond donors (Lipinski definition) is 0. The van der Waals surface area contributed by atoms with E-state index in [4.69, 9.17) is 11.6 Å². The Morgan fingerprint density at radius 1 is 1.50 bits per heavy atom. The van der Waals surface area contributed by atoms with Gasteiger partial charge in [-0.1, -0.05) is 18.3 Å². The summed E-state index contributed by atoms with van der Waals surface area (Å²) in [6.07, 6.45) is 0.919. The second kappa shape index (κ2) is 5.45. The molecule has 2 aromatic rings. The lowest BCUT2D eigenvalue weighted by molar-refractivity contribution is -0.380. The van der Waals surface area contributed by atoms with Crippen molar-refractivity contribution in [2.75, 3.05) is 0 Å². The molecule has 0 aliphatic rings. The molecule has 2 aromatic heterocycles. The molecular weight excluding hydrogens is 276 g/mol. The third-order valence-corrected chi connectivity index (χ3v) is 3.66. The fourth-order valence-corrected chi connectivity index (χ4v) is 2.63.